The standard InChI is InChI=1S/C13H18N2O4S/c1-18-12(16)7-9(11-3-2-6-20-11)15-13(17)10-8-14-4-5-19-10/h2-3,6,9-10,14H,4-5,7-8H2,1H3,(H,15,17). The van der Waals surface area contributed by atoms with Crippen LogP contribution in [0.3, 0.4) is 0 Å². The van der Waals surface area contributed by atoms with Gasteiger partial charge in [-0.2, -0.15) is 0 Å². The highest BCUT2D eigenvalue weighted by atomic mass is 32.1. The van der Waals surface area contributed by atoms with E-state index < -0.39 is 6.10 Å². The van der Waals surface area contributed by atoms with Gasteiger partial charge >= 0.3 is 5.97 Å². The second-order valence-corrected chi connectivity index (χ2v) is 5.40. The Balaban J connectivity index is 1.99. The van der Waals surface area contributed by atoms with Crippen molar-refractivity contribution in [2.75, 3.05) is 26.8 Å². The number of rotatable bonds is 5. The zero-order valence-electron chi connectivity index (χ0n) is 11.3. The maximum Gasteiger partial charge on any atom is 0.307 e. The maximum absolute atomic E-state index is 12.1. The van der Waals surface area contributed by atoms with E-state index >= 15 is 0 Å². The molecule has 2 atom stereocenters. The summed E-state index contributed by atoms with van der Waals surface area (Å²) in [5.41, 5.74) is 0. The molecule has 110 valence electrons. The lowest BCUT2D eigenvalue weighted by molar-refractivity contribution is -0.142. The van der Waals surface area contributed by atoms with Crippen LogP contribution in [0.4, 0.5) is 0 Å². The topological polar surface area (TPSA) is 76.7 Å². The van der Waals surface area contributed by atoms with Gasteiger partial charge in [0.25, 0.3) is 5.91 Å². The average Bonchev–Trinajstić information content (AvgIpc) is 3.01. The van der Waals surface area contributed by atoms with Gasteiger partial charge in [-0.25, -0.2) is 0 Å². The van der Waals surface area contributed by atoms with Crippen molar-refractivity contribution in [2.45, 2.75) is 18.6 Å². The number of carbonyl (C=O) groups is 2. The van der Waals surface area contributed by atoms with Crippen molar-refractivity contribution in [1.82, 2.24) is 10.6 Å². The lowest BCUT2D eigenvalue weighted by atomic mass is 10.1. The quantitative estimate of drug-likeness (QED) is 0.772. The number of amides is 1. The van der Waals surface area contributed by atoms with Gasteiger partial charge in [-0.3, -0.25) is 9.59 Å². The summed E-state index contributed by atoms with van der Waals surface area (Å²) in [7, 11) is 1.34. The van der Waals surface area contributed by atoms with E-state index in [2.05, 4.69) is 15.4 Å². The van der Waals surface area contributed by atoms with Crippen molar-refractivity contribution in [3.8, 4) is 0 Å². The van der Waals surface area contributed by atoms with E-state index in [1.54, 1.807) is 0 Å². The predicted molar refractivity (Wildman–Crippen MR) is 74.4 cm³/mol. The van der Waals surface area contributed by atoms with Crippen LogP contribution >= 0.6 is 11.3 Å². The third-order valence-electron chi connectivity index (χ3n) is 3.02. The van der Waals surface area contributed by atoms with Crippen LogP contribution in [0.2, 0.25) is 0 Å². The second-order valence-electron chi connectivity index (χ2n) is 4.42. The van der Waals surface area contributed by atoms with E-state index in [0.29, 0.717) is 13.2 Å². The summed E-state index contributed by atoms with van der Waals surface area (Å²) in [4.78, 5) is 24.5. The van der Waals surface area contributed by atoms with Crippen LogP contribution in [0.5, 0.6) is 0 Å². The van der Waals surface area contributed by atoms with Crippen molar-refractivity contribution in [2.24, 2.45) is 0 Å². The molecule has 1 aromatic rings. The average molecular weight is 298 g/mol. The molecule has 2 unspecified atom stereocenters. The molecule has 0 aliphatic carbocycles. The van der Waals surface area contributed by atoms with Crippen LogP contribution < -0.4 is 10.6 Å². The monoisotopic (exact) mass is 298 g/mol. The van der Waals surface area contributed by atoms with Crippen molar-refractivity contribution in [3.05, 3.63) is 22.4 Å². The predicted octanol–water partition coefficient (Wildman–Crippen LogP) is 0.457. The van der Waals surface area contributed by atoms with Gasteiger partial charge in [-0.15, -0.1) is 11.3 Å². The first-order valence-corrected chi connectivity index (χ1v) is 7.31. The molecule has 1 fully saturated rings. The van der Waals surface area contributed by atoms with E-state index in [9.17, 15) is 9.59 Å². The zero-order chi connectivity index (χ0) is 14.4. The zero-order valence-corrected chi connectivity index (χ0v) is 12.1. The van der Waals surface area contributed by atoms with Gasteiger partial charge in [0.2, 0.25) is 0 Å². The number of morpholine rings is 1. The van der Waals surface area contributed by atoms with E-state index in [-0.39, 0.29) is 24.3 Å². The first kappa shape index (κ1) is 15.0. The van der Waals surface area contributed by atoms with Gasteiger partial charge in [0, 0.05) is 18.0 Å². The number of methoxy groups -OCH3 is 1. The smallest absolute Gasteiger partial charge is 0.307 e. The Labute approximate surface area is 121 Å². The van der Waals surface area contributed by atoms with Gasteiger partial charge in [-0.05, 0) is 11.4 Å². The molecule has 0 radical (unpaired) electrons. The van der Waals surface area contributed by atoms with Crippen LogP contribution in [0.1, 0.15) is 17.3 Å². The summed E-state index contributed by atoms with van der Waals surface area (Å²) >= 11 is 1.49. The lowest BCUT2D eigenvalue weighted by Gasteiger charge is -2.25. The Morgan fingerprint density at radius 1 is 1.65 bits per heavy atom. The summed E-state index contributed by atoms with van der Waals surface area (Å²) in [5, 5.41) is 7.87. The fraction of sp³-hybridized carbons (Fsp3) is 0.538. The molecule has 0 bridgehead atoms. The third kappa shape index (κ3) is 4.03. The SMILES string of the molecule is COC(=O)CC(NC(=O)C1CNCCO1)c1cccs1. The number of hydrogen-bond acceptors (Lipinski definition) is 6. The molecule has 2 N–H and O–H groups in total. The molecule has 2 rings (SSSR count). The minimum absolute atomic E-state index is 0.114. The Morgan fingerprint density at radius 2 is 2.50 bits per heavy atom. The Kier molecular flexibility index (Phi) is 5.51. The number of ether oxygens (including phenoxy) is 2. The molecule has 0 saturated carbocycles. The highest BCUT2D eigenvalue weighted by molar-refractivity contribution is 7.10. The lowest BCUT2D eigenvalue weighted by Crippen LogP contribution is -2.48. The Bertz CT molecular complexity index is 443. The number of thiophene rings is 1. The summed E-state index contributed by atoms with van der Waals surface area (Å²) in [6.07, 6.45) is -0.396. The van der Waals surface area contributed by atoms with Crippen LogP contribution in [-0.2, 0) is 19.1 Å². The van der Waals surface area contributed by atoms with Crippen molar-refractivity contribution < 1.29 is 19.1 Å². The molecule has 1 amide bonds. The van der Waals surface area contributed by atoms with E-state index in [0.717, 1.165) is 11.4 Å². The highest BCUT2D eigenvalue weighted by Crippen LogP contribution is 2.22. The number of carbonyl (C=O) groups excluding carboxylic acids is 2. The minimum Gasteiger partial charge on any atom is -0.469 e. The normalized spacial score (nSPS) is 20.1. The Morgan fingerprint density at radius 3 is 3.10 bits per heavy atom. The van der Waals surface area contributed by atoms with E-state index in [1.807, 2.05) is 17.5 Å². The molecular weight excluding hydrogens is 280 g/mol. The van der Waals surface area contributed by atoms with Gasteiger partial charge in [0.05, 0.1) is 26.2 Å². The van der Waals surface area contributed by atoms with Crippen molar-refractivity contribution >= 4 is 23.2 Å². The Hall–Kier alpha value is -1.44. The first-order valence-electron chi connectivity index (χ1n) is 6.43. The number of hydrogen-bond donors (Lipinski definition) is 2. The van der Waals surface area contributed by atoms with Crippen LogP contribution in [0.15, 0.2) is 17.5 Å². The maximum atomic E-state index is 12.1. The third-order valence-corrected chi connectivity index (χ3v) is 4.01. The van der Waals surface area contributed by atoms with Crippen molar-refractivity contribution in [1.29, 1.82) is 0 Å². The molecule has 6 nitrogen and oxygen atoms in total. The molecule has 2 heterocycles. The molecule has 7 heteroatoms. The summed E-state index contributed by atoms with van der Waals surface area (Å²) in [6, 6.07) is 3.40. The van der Waals surface area contributed by atoms with Gasteiger partial charge in [0.1, 0.15) is 6.10 Å². The molecule has 1 aliphatic rings. The van der Waals surface area contributed by atoms with Crippen LogP contribution in [-0.4, -0.2) is 44.8 Å². The van der Waals surface area contributed by atoms with Crippen LogP contribution in [0, 0.1) is 0 Å². The second kappa shape index (κ2) is 7.37. The van der Waals surface area contributed by atoms with Gasteiger partial charge in [-0.1, -0.05) is 6.07 Å². The number of esters is 1. The molecule has 20 heavy (non-hydrogen) atoms. The van der Waals surface area contributed by atoms with Crippen molar-refractivity contribution in [3.63, 3.8) is 0 Å². The summed E-state index contributed by atoms with van der Waals surface area (Å²) in [5.74, 6) is -0.564. The number of nitrogens with one attached hydrogen (secondary N) is 2. The summed E-state index contributed by atoms with van der Waals surface area (Å²) < 4.78 is 10.1. The first-order chi connectivity index (χ1) is 9.70. The molecule has 1 saturated heterocycles. The fourth-order valence-electron chi connectivity index (χ4n) is 1.96. The molecule has 1 aliphatic heterocycles. The molecular formula is C13H18N2O4S. The van der Waals surface area contributed by atoms with E-state index in [1.165, 1.54) is 18.4 Å². The summed E-state index contributed by atoms with van der Waals surface area (Å²) in [6.45, 7) is 1.75. The highest BCUT2D eigenvalue weighted by Gasteiger charge is 2.26. The van der Waals surface area contributed by atoms with Gasteiger partial charge < -0.3 is 20.1 Å². The minimum atomic E-state index is -0.510. The van der Waals surface area contributed by atoms with Gasteiger partial charge in [0.15, 0.2) is 0 Å². The molecule has 0 aromatic carbocycles. The van der Waals surface area contributed by atoms with Crippen LogP contribution in [0.25, 0.3) is 0 Å². The van der Waals surface area contributed by atoms with E-state index in [4.69, 9.17) is 4.74 Å². The molecule has 1 aromatic heterocycles. The largest absolute Gasteiger partial charge is 0.469 e. The molecule has 0 spiro atoms. The fourth-order valence-corrected chi connectivity index (χ4v) is 2.74.